The van der Waals surface area contributed by atoms with E-state index in [-0.39, 0.29) is 10.8 Å². The molecule has 94 valence electrons. The van der Waals surface area contributed by atoms with Gasteiger partial charge in [-0.2, -0.15) is 0 Å². The Morgan fingerprint density at radius 2 is 2.18 bits per heavy atom. The van der Waals surface area contributed by atoms with Gasteiger partial charge < -0.3 is 14.8 Å². The summed E-state index contributed by atoms with van der Waals surface area (Å²) >= 11 is 1.19. The molecule has 1 aromatic rings. The largest absolute Gasteiger partial charge is 0.340 e. The van der Waals surface area contributed by atoms with Crippen LogP contribution in [0.15, 0.2) is 10.2 Å². The molecule has 0 atom stereocenters. The van der Waals surface area contributed by atoms with Gasteiger partial charge in [-0.05, 0) is 6.92 Å². The van der Waals surface area contributed by atoms with Crippen molar-refractivity contribution < 1.29 is 4.79 Å². The van der Waals surface area contributed by atoms with Crippen LogP contribution in [-0.2, 0) is 11.3 Å². The molecule has 1 saturated heterocycles. The molecule has 1 aliphatic rings. The van der Waals surface area contributed by atoms with Crippen molar-refractivity contribution in [1.29, 1.82) is 0 Å². The highest BCUT2D eigenvalue weighted by Gasteiger charge is 2.16. The number of nitrogens with one attached hydrogen (secondary N) is 1. The highest BCUT2D eigenvalue weighted by Crippen LogP contribution is 2.03. The predicted octanol–water partition coefficient (Wildman–Crippen LogP) is 0.0401. The van der Waals surface area contributed by atoms with Gasteiger partial charge in [0, 0.05) is 50.2 Å². The summed E-state index contributed by atoms with van der Waals surface area (Å²) in [6.45, 7) is 5.67. The lowest BCUT2D eigenvalue weighted by Crippen LogP contribution is -2.46. The Bertz CT molecular complexity index is 446. The molecule has 0 radical (unpaired) electrons. The summed E-state index contributed by atoms with van der Waals surface area (Å²) in [6, 6.07) is 0. The van der Waals surface area contributed by atoms with Crippen LogP contribution in [0, 0.1) is 6.92 Å². The van der Waals surface area contributed by atoms with Crippen molar-refractivity contribution in [2.24, 2.45) is 0 Å². The summed E-state index contributed by atoms with van der Waals surface area (Å²) in [7, 11) is 0. The van der Waals surface area contributed by atoms with Crippen molar-refractivity contribution in [3.8, 4) is 0 Å². The van der Waals surface area contributed by atoms with Gasteiger partial charge in [0.25, 0.3) is 0 Å². The molecule has 0 aromatic carbocycles. The number of thiazole rings is 1. The van der Waals surface area contributed by atoms with E-state index in [0.717, 1.165) is 31.9 Å². The van der Waals surface area contributed by atoms with Crippen LogP contribution in [0.2, 0.25) is 0 Å². The average molecular weight is 255 g/mol. The summed E-state index contributed by atoms with van der Waals surface area (Å²) in [5.41, 5.74) is 0.938. The Morgan fingerprint density at radius 1 is 1.47 bits per heavy atom. The Morgan fingerprint density at radius 3 is 2.76 bits per heavy atom. The van der Waals surface area contributed by atoms with Crippen LogP contribution in [0.3, 0.4) is 0 Å². The number of aryl methyl sites for hydroxylation is 1. The van der Waals surface area contributed by atoms with Gasteiger partial charge >= 0.3 is 4.87 Å². The van der Waals surface area contributed by atoms with Crippen LogP contribution in [0.25, 0.3) is 0 Å². The van der Waals surface area contributed by atoms with E-state index in [4.69, 9.17) is 0 Å². The molecule has 1 N–H and O–H groups in total. The topological polar surface area (TPSA) is 54.3 Å². The van der Waals surface area contributed by atoms with Crippen LogP contribution < -0.4 is 10.2 Å². The van der Waals surface area contributed by atoms with E-state index in [1.54, 1.807) is 4.57 Å². The standard InChI is InChI=1S/C11H17N3O2S/c1-9-8-17-11(16)14(9)5-2-10(15)13-6-3-12-4-7-13/h8,12H,2-7H2,1H3. The van der Waals surface area contributed by atoms with E-state index in [1.807, 2.05) is 17.2 Å². The zero-order valence-corrected chi connectivity index (χ0v) is 10.8. The third-order valence-corrected chi connectivity index (χ3v) is 3.88. The molecule has 1 amide bonds. The molecule has 5 nitrogen and oxygen atoms in total. The number of amides is 1. The minimum atomic E-state index is 0.0237. The smallest absolute Gasteiger partial charge is 0.307 e. The fourth-order valence-corrected chi connectivity index (χ4v) is 2.72. The zero-order valence-electron chi connectivity index (χ0n) is 9.94. The van der Waals surface area contributed by atoms with Crippen molar-refractivity contribution in [3.05, 3.63) is 20.7 Å². The number of nitrogens with zero attached hydrogens (tertiary/aromatic N) is 2. The summed E-state index contributed by atoms with van der Waals surface area (Å²) < 4.78 is 1.67. The van der Waals surface area contributed by atoms with Crippen molar-refractivity contribution in [2.45, 2.75) is 19.9 Å². The zero-order chi connectivity index (χ0) is 12.3. The normalized spacial score (nSPS) is 16.2. The van der Waals surface area contributed by atoms with Crippen molar-refractivity contribution >= 4 is 17.2 Å². The van der Waals surface area contributed by atoms with Gasteiger partial charge in [0.05, 0.1) is 0 Å². The van der Waals surface area contributed by atoms with Crippen molar-refractivity contribution in [2.75, 3.05) is 26.2 Å². The fraction of sp³-hybridized carbons (Fsp3) is 0.636. The fourth-order valence-electron chi connectivity index (χ4n) is 1.95. The summed E-state index contributed by atoms with van der Waals surface area (Å²) in [5.74, 6) is 0.143. The molecule has 1 aromatic heterocycles. The van der Waals surface area contributed by atoms with Crippen molar-refractivity contribution in [1.82, 2.24) is 14.8 Å². The number of hydrogen-bond donors (Lipinski definition) is 1. The molecule has 0 unspecified atom stereocenters. The number of carbonyl (C=O) groups is 1. The second-order valence-electron chi connectivity index (χ2n) is 4.18. The lowest BCUT2D eigenvalue weighted by molar-refractivity contribution is -0.132. The molecular formula is C11H17N3O2S. The highest BCUT2D eigenvalue weighted by molar-refractivity contribution is 7.07. The molecule has 1 aliphatic heterocycles. The molecule has 0 bridgehead atoms. The predicted molar refractivity (Wildman–Crippen MR) is 67.4 cm³/mol. The Balaban J connectivity index is 1.89. The summed E-state index contributed by atoms with van der Waals surface area (Å²) in [6.07, 6.45) is 0.414. The number of aromatic nitrogens is 1. The number of rotatable bonds is 3. The minimum absolute atomic E-state index is 0.0237. The van der Waals surface area contributed by atoms with Gasteiger partial charge in [0.2, 0.25) is 5.91 Å². The molecule has 2 rings (SSSR count). The SMILES string of the molecule is Cc1csc(=O)n1CCC(=O)N1CCNCC1. The van der Waals surface area contributed by atoms with Crippen LogP contribution >= 0.6 is 11.3 Å². The number of carbonyl (C=O) groups excluding carboxylic acids is 1. The maximum Gasteiger partial charge on any atom is 0.307 e. The first-order chi connectivity index (χ1) is 8.18. The van der Waals surface area contributed by atoms with Gasteiger partial charge in [-0.3, -0.25) is 9.59 Å². The maximum atomic E-state index is 11.9. The van der Waals surface area contributed by atoms with Crippen LogP contribution in [0.1, 0.15) is 12.1 Å². The first kappa shape index (κ1) is 12.3. The Labute approximate surface area is 104 Å². The first-order valence-electron chi connectivity index (χ1n) is 5.82. The lowest BCUT2D eigenvalue weighted by Gasteiger charge is -2.27. The summed E-state index contributed by atoms with van der Waals surface area (Å²) in [4.78, 5) is 25.3. The molecule has 0 spiro atoms. The Hall–Kier alpha value is -1.14. The number of hydrogen-bond acceptors (Lipinski definition) is 4. The lowest BCUT2D eigenvalue weighted by atomic mass is 10.3. The molecule has 6 heteroatoms. The van der Waals surface area contributed by atoms with Crippen molar-refractivity contribution in [3.63, 3.8) is 0 Å². The summed E-state index contributed by atoms with van der Waals surface area (Å²) in [5, 5.41) is 5.04. The van der Waals surface area contributed by atoms with Gasteiger partial charge in [-0.15, -0.1) is 0 Å². The van der Waals surface area contributed by atoms with E-state index >= 15 is 0 Å². The first-order valence-corrected chi connectivity index (χ1v) is 6.70. The van der Waals surface area contributed by atoms with E-state index in [1.165, 1.54) is 11.3 Å². The van der Waals surface area contributed by atoms with Crippen LogP contribution in [-0.4, -0.2) is 41.6 Å². The number of piperazine rings is 1. The Kier molecular flexibility index (Phi) is 3.96. The average Bonchev–Trinajstić information content (AvgIpc) is 2.67. The molecule has 1 fully saturated rings. The molecule has 2 heterocycles. The molecular weight excluding hydrogens is 238 g/mol. The van der Waals surface area contributed by atoms with E-state index in [0.29, 0.717) is 13.0 Å². The van der Waals surface area contributed by atoms with Gasteiger partial charge in [-0.1, -0.05) is 11.3 Å². The van der Waals surface area contributed by atoms with Crippen LogP contribution in [0.5, 0.6) is 0 Å². The maximum absolute atomic E-state index is 11.9. The third kappa shape index (κ3) is 2.95. The third-order valence-electron chi connectivity index (χ3n) is 3.00. The molecule has 0 aliphatic carbocycles. The van der Waals surface area contributed by atoms with E-state index < -0.39 is 0 Å². The molecule has 17 heavy (non-hydrogen) atoms. The minimum Gasteiger partial charge on any atom is -0.340 e. The monoisotopic (exact) mass is 255 g/mol. The van der Waals surface area contributed by atoms with Crippen LogP contribution in [0.4, 0.5) is 0 Å². The van der Waals surface area contributed by atoms with Gasteiger partial charge in [0.1, 0.15) is 0 Å². The quantitative estimate of drug-likeness (QED) is 0.830. The van der Waals surface area contributed by atoms with E-state index in [9.17, 15) is 9.59 Å². The molecule has 0 saturated carbocycles. The van der Waals surface area contributed by atoms with Gasteiger partial charge in [0.15, 0.2) is 0 Å². The second kappa shape index (κ2) is 5.46. The highest BCUT2D eigenvalue weighted by atomic mass is 32.1. The van der Waals surface area contributed by atoms with Gasteiger partial charge in [-0.25, -0.2) is 0 Å². The second-order valence-corrected chi connectivity index (χ2v) is 5.00. The van der Waals surface area contributed by atoms with E-state index in [2.05, 4.69) is 5.32 Å².